The predicted octanol–water partition coefficient (Wildman–Crippen LogP) is 1.08. The molecular weight excluding hydrogens is 166 g/mol. The summed E-state index contributed by atoms with van der Waals surface area (Å²) in [5.41, 5.74) is 1.46. The smallest absolute Gasteiger partial charge is 0.303 e. The van der Waals surface area contributed by atoms with Crippen LogP contribution in [-0.4, -0.2) is 16.1 Å². The molecule has 1 aromatic heterocycles. The summed E-state index contributed by atoms with van der Waals surface area (Å²) < 4.78 is 0. The third kappa shape index (κ3) is 2.96. The van der Waals surface area contributed by atoms with Crippen LogP contribution in [0.2, 0.25) is 0 Å². The lowest BCUT2D eigenvalue weighted by molar-refractivity contribution is -0.136. The molecular formula is C10H9NO2. The number of hydrogen-bond donors (Lipinski definition) is 1. The quantitative estimate of drug-likeness (QED) is 0.699. The Bertz CT molecular complexity index is 335. The minimum Gasteiger partial charge on any atom is -0.481 e. The van der Waals surface area contributed by atoms with Gasteiger partial charge in [0.05, 0.1) is 0 Å². The fourth-order valence-electron chi connectivity index (χ4n) is 0.909. The second-order valence-corrected chi connectivity index (χ2v) is 2.59. The molecule has 0 aliphatic rings. The summed E-state index contributed by atoms with van der Waals surface area (Å²) in [4.78, 5) is 14.2. The third-order valence-electron chi connectivity index (χ3n) is 1.60. The van der Waals surface area contributed by atoms with E-state index in [0.717, 1.165) is 5.56 Å². The molecule has 0 fully saturated rings. The van der Waals surface area contributed by atoms with Gasteiger partial charge in [-0.3, -0.25) is 4.79 Å². The zero-order valence-electron chi connectivity index (χ0n) is 7.03. The van der Waals surface area contributed by atoms with Gasteiger partial charge in [0.1, 0.15) is 5.69 Å². The summed E-state index contributed by atoms with van der Waals surface area (Å²) in [7, 11) is 0. The van der Waals surface area contributed by atoms with Gasteiger partial charge < -0.3 is 5.11 Å². The number of terminal acetylenes is 1. The highest BCUT2D eigenvalue weighted by atomic mass is 16.4. The highest BCUT2D eigenvalue weighted by molar-refractivity contribution is 5.67. The molecule has 3 nitrogen and oxygen atoms in total. The number of pyridine rings is 1. The van der Waals surface area contributed by atoms with E-state index >= 15 is 0 Å². The molecule has 0 aliphatic carbocycles. The number of carboxylic acid groups (broad SMARTS) is 1. The van der Waals surface area contributed by atoms with Crippen molar-refractivity contribution < 1.29 is 9.90 Å². The van der Waals surface area contributed by atoms with E-state index in [-0.39, 0.29) is 6.42 Å². The molecule has 66 valence electrons. The Balaban J connectivity index is 2.60. The van der Waals surface area contributed by atoms with E-state index in [1.165, 1.54) is 0 Å². The first kappa shape index (κ1) is 9.27. The Labute approximate surface area is 76.4 Å². The van der Waals surface area contributed by atoms with Gasteiger partial charge in [0, 0.05) is 12.6 Å². The van der Waals surface area contributed by atoms with Crippen molar-refractivity contribution in [2.24, 2.45) is 0 Å². The molecule has 1 rings (SSSR count). The molecule has 0 saturated carbocycles. The summed E-state index contributed by atoms with van der Waals surface area (Å²) in [6, 6.07) is 3.50. The first-order valence-corrected chi connectivity index (χ1v) is 3.85. The summed E-state index contributed by atoms with van der Waals surface area (Å²) >= 11 is 0. The zero-order chi connectivity index (χ0) is 9.68. The molecule has 3 heteroatoms. The van der Waals surface area contributed by atoms with E-state index in [1.54, 1.807) is 18.3 Å². The molecule has 0 aliphatic heterocycles. The van der Waals surface area contributed by atoms with Crippen molar-refractivity contribution in [2.75, 3.05) is 0 Å². The maximum absolute atomic E-state index is 10.2. The predicted molar refractivity (Wildman–Crippen MR) is 48.1 cm³/mol. The average molecular weight is 175 g/mol. The van der Waals surface area contributed by atoms with Crippen LogP contribution in [0.3, 0.4) is 0 Å². The SMILES string of the molecule is C#Cc1ccc(CCC(=O)O)cn1. The fourth-order valence-corrected chi connectivity index (χ4v) is 0.909. The average Bonchev–Trinajstić information content (AvgIpc) is 2.15. The second-order valence-electron chi connectivity index (χ2n) is 2.59. The summed E-state index contributed by atoms with van der Waals surface area (Å²) in [5.74, 6) is 1.59. The van der Waals surface area contributed by atoms with Gasteiger partial charge in [-0.25, -0.2) is 4.98 Å². The van der Waals surface area contributed by atoms with E-state index in [9.17, 15) is 4.79 Å². The molecule has 13 heavy (non-hydrogen) atoms. The standard InChI is InChI=1S/C10H9NO2/c1-2-9-5-3-8(7-11-9)4-6-10(12)13/h1,3,5,7H,4,6H2,(H,12,13). The molecule has 0 saturated heterocycles. The van der Waals surface area contributed by atoms with Crippen molar-refractivity contribution in [3.05, 3.63) is 29.6 Å². The van der Waals surface area contributed by atoms with Crippen molar-refractivity contribution in [2.45, 2.75) is 12.8 Å². The Morgan fingerprint density at radius 3 is 2.85 bits per heavy atom. The molecule has 1 N–H and O–H groups in total. The maximum Gasteiger partial charge on any atom is 0.303 e. The molecule has 0 radical (unpaired) electrons. The van der Waals surface area contributed by atoms with Crippen molar-refractivity contribution in [1.29, 1.82) is 0 Å². The van der Waals surface area contributed by atoms with Crippen LogP contribution in [0.4, 0.5) is 0 Å². The molecule has 0 amide bonds. The number of nitrogens with zero attached hydrogens (tertiary/aromatic N) is 1. The van der Waals surface area contributed by atoms with Gasteiger partial charge >= 0.3 is 5.97 Å². The fraction of sp³-hybridized carbons (Fsp3) is 0.200. The molecule has 0 aromatic carbocycles. The van der Waals surface area contributed by atoms with Gasteiger partial charge in [0.15, 0.2) is 0 Å². The first-order chi connectivity index (χ1) is 6.22. The molecule has 0 unspecified atom stereocenters. The van der Waals surface area contributed by atoms with Gasteiger partial charge in [-0.05, 0) is 18.1 Å². The number of carboxylic acids is 1. The van der Waals surface area contributed by atoms with Crippen molar-refractivity contribution in [1.82, 2.24) is 4.98 Å². The Kier molecular flexibility index (Phi) is 3.04. The van der Waals surface area contributed by atoms with E-state index in [2.05, 4.69) is 10.9 Å². The molecule has 0 spiro atoms. The highest BCUT2D eigenvalue weighted by Crippen LogP contribution is 2.02. The highest BCUT2D eigenvalue weighted by Gasteiger charge is 1.98. The van der Waals surface area contributed by atoms with Gasteiger partial charge in [0.25, 0.3) is 0 Å². The van der Waals surface area contributed by atoms with Gasteiger partial charge in [-0.2, -0.15) is 0 Å². The Morgan fingerprint density at radius 1 is 1.62 bits per heavy atom. The number of rotatable bonds is 3. The largest absolute Gasteiger partial charge is 0.481 e. The van der Waals surface area contributed by atoms with Gasteiger partial charge in [-0.15, -0.1) is 6.42 Å². The van der Waals surface area contributed by atoms with Crippen LogP contribution in [0, 0.1) is 12.3 Å². The monoisotopic (exact) mass is 175 g/mol. The Morgan fingerprint density at radius 2 is 2.38 bits per heavy atom. The van der Waals surface area contributed by atoms with Gasteiger partial charge in [0.2, 0.25) is 0 Å². The molecule has 0 atom stereocenters. The number of aliphatic carboxylic acids is 1. The van der Waals surface area contributed by atoms with Crippen molar-refractivity contribution >= 4 is 5.97 Å². The van der Waals surface area contributed by atoms with Crippen molar-refractivity contribution in [3.63, 3.8) is 0 Å². The van der Waals surface area contributed by atoms with E-state index in [0.29, 0.717) is 12.1 Å². The van der Waals surface area contributed by atoms with E-state index in [4.69, 9.17) is 11.5 Å². The topological polar surface area (TPSA) is 50.2 Å². The van der Waals surface area contributed by atoms with Crippen LogP contribution >= 0.6 is 0 Å². The second kappa shape index (κ2) is 4.27. The summed E-state index contributed by atoms with van der Waals surface area (Å²) in [6.07, 6.45) is 7.34. The van der Waals surface area contributed by atoms with Crippen LogP contribution in [0.25, 0.3) is 0 Å². The lowest BCUT2D eigenvalue weighted by Gasteiger charge is -1.97. The normalized spacial score (nSPS) is 9.15. The van der Waals surface area contributed by atoms with Crippen LogP contribution in [-0.2, 0) is 11.2 Å². The summed E-state index contributed by atoms with van der Waals surface area (Å²) in [5, 5.41) is 8.42. The lowest BCUT2D eigenvalue weighted by Crippen LogP contribution is -1.97. The molecule has 1 aromatic rings. The molecule has 0 bridgehead atoms. The van der Waals surface area contributed by atoms with E-state index < -0.39 is 5.97 Å². The van der Waals surface area contributed by atoms with Crippen LogP contribution in [0.1, 0.15) is 17.7 Å². The Hall–Kier alpha value is -1.82. The van der Waals surface area contributed by atoms with Crippen molar-refractivity contribution in [3.8, 4) is 12.3 Å². The number of hydrogen-bond acceptors (Lipinski definition) is 2. The maximum atomic E-state index is 10.2. The van der Waals surface area contributed by atoms with E-state index in [1.807, 2.05) is 0 Å². The summed E-state index contributed by atoms with van der Waals surface area (Å²) in [6.45, 7) is 0. The van der Waals surface area contributed by atoms with Crippen LogP contribution < -0.4 is 0 Å². The number of aryl methyl sites for hydroxylation is 1. The molecule has 1 heterocycles. The minimum atomic E-state index is -0.805. The number of aromatic nitrogens is 1. The minimum absolute atomic E-state index is 0.122. The van der Waals surface area contributed by atoms with Crippen LogP contribution in [0.5, 0.6) is 0 Å². The van der Waals surface area contributed by atoms with Crippen LogP contribution in [0.15, 0.2) is 18.3 Å². The lowest BCUT2D eigenvalue weighted by atomic mass is 10.1. The zero-order valence-corrected chi connectivity index (χ0v) is 7.03. The number of carbonyl (C=O) groups is 1. The van der Waals surface area contributed by atoms with Gasteiger partial charge in [-0.1, -0.05) is 12.0 Å². The first-order valence-electron chi connectivity index (χ1n) is 3.85. The third-order valence-corrected chi connectivity index (χ3v) is 1.60.